The van der Waals surface area contributed by atoms with Crippen LogP contribution in [0.25, 0.3) is 21.8 Å². The molecule has 0 saturated carbocycles. The van der Waals surface area contributed by atoms with E-state index in [9.17, 15) is 22.4 Å². The number of alkyl halides is 3. The van der Waals surface area contributed by atoms with E-state index in [-0.39, 0.29) is 12.1 Å². The topological polar surface area (TPSA) is 48.0 Å². The first-order valence-electron chi connectivity index (χ1n) is 9.81. The van der Waals surface area contributed by atoms with Gasteiger partial charge in [0.05, 0.1) is 16.6 Å². The lowest BCUT2D eigenvalue weighted by Gasteiger charge is -2.12. The average Bonchev–Trinajstić information content (AvgIpc) is 3.02. The van der Waals surface area contributed by atoms with E-state index in [1.54, 1.807) is 18.2 Å². The first-order chi connectivity index (χ1) is 14.7. The summed E-state index contributed by atoms with van der Waals surface area (Å²) in [4.78, 5) is 12.0. The molecule has 1 heterocycles. The van der Waals surface area contributed by atoms with Crippen LogP contribution in [0.3, 0.4) is 0 Å². The molecule has 31 heavy (non-hydrogen) atoms. The van der Waals surface area contributed by atoms with Crippen LogP contribution in [0, 0.1) is 11.9 Å². The summed E-state index contributed by atoms with van der Waals surface area (Å²) >= 11 is 0. The molecule has 159 valence electrons. The molecule has 3 aromatic carbocycles. The third kappa shape index (κ3) is 3.76. The molecule has 0 atom stereocenters. The molecule has 1 aromatic heterocycles. The molecule has 2 N–H and O–H groups in total. The zero-order chi connectivity index (χ0) is 22.3. The van der Waals surface area contributed by atoms with Gasteiger partial charge < -0.3 is 10.3 Å². The number of nitrogens with zero attached hydrogens (tertiary/aromatic N) is 1. The largest absolute Gasteiger partial charge is 0.419 e. The van der Waals surface area contributed by atoms with Gasteiger partial charge in [0, 0.05) is 22.9 Å². The second-order valence-electron chi connectivity index (χ2n) is 7.48. The Morgan fingerprint density at radius 3 is 2.55 bits per heavy atom. The van der Waals surface area contributed by atoms with Gasteiger partial charge in [-0.1, -0.05) is 31.5 Å². The van der Waals surface area contributed by atoms with E-state index in [0.717, 1.165) is 36.1 Å². The normalized spacial score (nSPS) is 12.0. The van der Waals surface area contributed by atoms with Crippen molar-refractivity contribution in [2.45, 2.75) is 32.5 Å². The van der Waals surface area contributed by atoms with Crippen molar-refractivity contribution in [2.75, 3.05) is 0 Å². The summed E-state index contributed by atoms with van der Waals surface area (Å²) in [5.41, 5.74) is 7.27. The Morgan fingerprint density at radius 2 is 1.87 bits per heavy atom. The van der Waals surface area contributed by atoms with Gasteiger partial charge in [-0.2, -0.15) is 13.2 Å². The summed E-state index contributed by atoms with van der Waals surface area (Å²) < 4.78 is 55.1. The number of amides is 1. The number of hydrogen-bond acceptors (Lipinski definition) is 1. The predicted molar refractivity (Wildman–Crippen MR) is 111 cm³/mol. The molecule has 0 unspecified atom stereocenters. The molecule has 0 spiro atoms. The molecular formula is C24H19F4N2O. The number of aryl methyl sites for hydroxylation is 1. The molecule has 4 aromatic rings. The standard InChI is InChI=1S/C24H19F4N2O/c1-2-4-14-7-9-16-21(12-14)30(20-6-3-5-17(22(16)20)23(29)31)13-15-8-10-19(25)18(11-15)24(26,27)28/h3,5-8,10-12H,2,4,13H2,1H3,(H2,29,31). The Labute approximate surface area is 176 Å². The van der Waals surface area contributed by atoms with Crippen molar-refractivity contribution >= 4 is 27.7 Å². The third-order valence-electron chi connectivity index (χ3n) is 5.34. The Morgan fingerprint density at radius 1 is 1.10 bits per heavy atom. The number of benzene rings is 3. The molecule has 0 fully saturated rings. The summed E-state index contributed by atoms with van der Waals surface area (Å²) in [6, 6.07) is 15.1. The van der Waals surface area contributed by atoms with Gasteiger partial charge in [0.2, 0.25) is 5.91 Å². The van der Waals surface area contributed by atoms with E-state index >= 15 is 0 Å². The summed E-state index contributed by atoms with van der Waals surface area (Å²) in [6.45, 7) is 2.11. The van der Waals surface area contributed by atoms with Gasteiger partial charge >= 0.3 is 6.18 Å². The van der Waals surface area contributed by atoms with Gasteiger partial charge in [-0.25, -0.2) is 4.39 Å². The molecule has 3 nitrogen and oxygen atoms in total. The van der Waals surface area contributed by atoms with Gasteiger partial charge in [0.25, 0.3) is 0 Å². The molecule has 4 rings (SSSR count). The van der Waals surface area contributed by atoms with E-state index in [1.165, 1.54) is 6.07 Å². The van der Waals surface area contributed by atoms with Crippen molar-refractivity contribution in [1.82, 2.24) is 4.57 Å². The molecule has 0 saturated heterocycles. The van der Waals surface area contributed by atoms with E-state index in [1.807, 2.05) is 23.6 Å². The van der Waals surface area contributed by atoms with E-state index in [0.29, 0.717) is 21.9 Å². The summed E-state index contributed by atoms with van der Waals surface area (Å²) in [6.07, 6.45) is -3.06. The maximum Gasteiger partial charge on any atom is 0.419 e. The number of aromatic nitrogens is 1. The SMILES string of the molecule is CCCc1c[c]c2c3c(C(N)=O)cccc3n(Cc3ccc(F)c(C(F)(F)F)c3)c2c1. The number of carbonyl (C=O) groups is 1. The van der Waals surface area contributed by atoms with E-state index in [4.69, 9.17) is 5.73 Å². The second kappa shape index (κ2) is 7.72. The summed E-state index contributed by atoms with van der Waals surface area (Å²) in [5, 5.41) is 1.27. The van der Waals surface area contributed by atoms with Gasteiger partial charge in [0.1, 0.15) is 5.82 Å². The fourth-order valence-corrected chi connectivity index (χ4v) is 3.98. The molecule has 0 bridgehead atoms. The molecular weight excluding hydrogens is 408 g/mol. The molecule has 0 aliphatic carbocycles. The highest BCUT2D eigenvalue weighted by Gasteiger charge is 2.34. The van der Waals surface area contributed by atoms with Gasteiger partial charge in [-0.05, 0) is 53.9 Å². The van der Waals surface area contributed by atoms with Gasteiger partial charge in [-0.15, -0.1) is 0 Å². The number of carbonyl (C=O) groups excluding carboxylic acids is 1. The molecule has 1 amide bonds. The minimum absolute atomic E-state index is 0.0645. The van der Waals surface area contributed by atoms with E-state index < -0.39 is 23.5 Å². The molecule has 0 aliphatic heterocycles. The summed E-state index contributed by atoms with van der Waals surface area (Å²) in [5.74, 6) is -1.91. The van der Waals surface area contributed by atoms with Crippen LogP contribution in [0.2, 0.25) is 0 Å². The number of halogens is 4. The van der Waals surface area contributed by atoms with Crippen molar-refractivity contribution in [2.24, 2.45) is 5.73 Å². The Bertz CT molecular complexity index is 1300. The van der Waals surface area contributed by atoms with E-state index in [2.05, 4.69) is 6.07 Å². The minimum Gasteiger partial charge on any atom is -0.366 e. The van der Waals surface area contributed by atoms with Crippen molar-refractivity contribution in [3.8, 4) is 0 Å². The van der Waals surface area contributed by atoms with Crippen LogP contribution in [0.5, 0.6) is 0 Å². The monoisotopic (exact) mass is 427 g/mol. The fraction of sp³-hybridized carbons (Fsp3) is 0.208. The Kier molecular flexibility index (Phi) is 5.21. The molecule has 0 aliphatic rings. The van der Waals surface area contributed by atoms with Crippen LogP contribution in [0.15, 0.2) is 48.5 Å². The highest BCUT2D eigenvalue weighted by Crippen LogP contribution is 2.35. The van der Waals surface area contributed by atoms with Gasteiger partial charge in [0.15, 0.2) is 0 Å². The smallest absolute Gasteiger partial charge is 0.366 e. The lowest BCUT2D eigenvalue weighted by atomic mass is 10.0. The maximum absolute atomic E-state index is 13.7. The van der Waals surface area contributed by atoms with Crippen LogP contribution >= 0.6 is 0 Å². The Balaban J connectivity index is 1.97. The number of fused-ring (bicyclic) bond motifs is 3. The number of rotatable bonds is 5. The minimum atomic E-state index is -4.79. The lowest BCUT2D eigenvalue weighted by molar-refractivity contribution is -0.140. The van der Waals surface area contributed by atoms with Gasteiger partial charge in [-0.3, -0.25) is 4.79 Å². The van der Waals surface area contributed by atoms with Crippen LogP contribution < -0.4 is 5.73 Å². The number of primary amides is 1. The quantitative estimate of drug-likeness (QED) is 0.399. The predicted octanol–water partition coefficient (Wildman–Crippen LogP) is 5.85. The van der Waals surface area contributed by atoms with Crippen LogP contribution in [-0.2, 0) is 19.1 Å². The second-order valence-corrected chi connectivity index (χ2v) is 7.48. The highest BCUT2D eigenvalue weighted by molar-refractivity contribution is 6.17. The zero-order valence-electron chi connectivity index (χ0n) is 16.7. The third-order valence-corrected chi connectivity index (χ3v) is 5.34. The van der Waals surface area contributed by atoms with Crippen molar-refractivity contribution in [1.29, 1.82) is 0 Å². The van der Waals surface area contributed by atoms with Crippen molar-refractivity contribution in [3.63, 3.8) is 0 Å². The highest BCUT2D eigenvalue weighted by atomic mass is 19.4. The first kappa shape index (κ1) is 20.9. The first-order valence-corrected chi connectivity index (χ1v) is 9.81. The number of hydrogen-bond donors (Lipinski definition) is 1. The van der Waals surface area contributed by atoms with Crippen LogP contribution in [-0.4, -0.2) is 10.5 Å². The number of nitrogens with two attached hydrogens (primary N) is 1. The van der Waals surface area contributed by atoms with Crippen LogP contribution in [0.4, 0.5) is 17.6 Å². The zero-order valence-corrected chi connectivity index (χ0v) is 16.7. The van der Waals surface area contributed by atoms with Crippen molar-refractivity contribution in [3.05, 3.63) is 82.7 Å². The average molecular weight is 427 g/mol. The van der Waals surface area contributed by atoms with Crippen molar-refractivity contribution < 1.29 is 22.4 Å². The molecule has 7 heteroatoms. The lowest BCUT2D eigenvalue weighted by Crippen LogP contribution is -2.11. The fourth-order valence-electron chi connectivity index (χ4n) is 3.98. The summed E-state index contributed by atoms with van der Waals surface area (Å²) in [7, 11) is 0. The Hall–Kier alpha value is -3.35. The molecule has 1 radical (unpaired) electrons. The maximum atomic E-state index is 13.7. The van der Waals surface area contributed by atoms with Crippen LogP contribution in [0.1, 0.15) is 40.4 Å².